The molecular formula is C14H21F3N4S2. The maximum Gasteiger partial charge on any atom is 0.434 e. The van der Waals surface area contributed by atoms with Crippen LogP contribution in [0.15, 0.2) is 10.4 Å². The molecule has 0 aliphatic heterocycles. The van der Waals surface area contributed by atoms with Crippen molar-refractivity contribution in [3.8, 4) is 0 Å². The first-order valence-electron chi connectivity index (χ1n) is 7.51. The average Bonchev–Trinajstić information content (AvgIpc) is 3.13. The van der Waals surface area contributed by atoms with Gasteiger partial charge in [-0.1, -0.05) is 0 Å². The Bertz CT molecular complexity index is 530. The Kier molecular flexibility index (Phi) is 6.58. The van der Waals surface area contributed by atoms with Crippen LogP contribution in [-0.4, -0.2) is 35.0 Å². The van der Waals surface area contributed by atoms with E-state index in [1.165, 1.54) is 6.42 Å². The summed E-state index contributed by atoms with van der Waals surface area (Å²) in [5, 5.41) is 8.57. The second kappa shape index (κ2) is 8.23. The highest BCUT2D eigenvalue weighted by Gasteiger charge is 2.33. The molecule has 0 spiro atoms. The highest BCUT2D eigenvalue weighted by Crippen LogP contribution is 2.30. The van der Waals surface area contributed by atoms with Crippen molar-refractivity contribution in [2.75, 3.05) is 12.8 Å². The molecule has 1 heterocycles. The second-order valence-corrected chi connectivity index (χ2v) is 7.41. The van der Waals surface area contributed by atoms with Crippen molar-refractivity contribution in [1.29, 1.82) is 0 Å². The molecule has 0 amide bonds. The van der Waals surface area contributed by atoms with Gasteiger partial charge < -0.3 is 10.6 Å². The number of hydrogen-bond acceptors (Lipinski definition) is 4. The van der Waals surface area contributed by atoms with E-state index < -0.39 is 11.9 Å². The molecule has 0 bridgehead atoms. The number of nitrogens with one attached hydrogen (secondary N) is 2. The van der Waals surface area contributed by atoms with Gasteiger partial charge in [-0.25, -0.2) is 9.98 Å². The van der Waals surface area contributed by atoms with E-state index >= 15 is 0 Å². The van der Waals surface area contributed by atoms with Crippen LogP contribution in [0.4, 0.5) is 13.2 Å². The van der Waals surface area contributed by atoms with E-state index in [1.54, 1.807) is 0 Å². The molecule has 2 atom stereocenters. The molecule has 2 unspecified atom stereocenters. The third-order valence-electron chi connectivity index (χ3n) is 3.62. The summed E-state index contributed by atoms with van der Waals surface area (Å²) in [5.41, 5.74) is -0.843. The normalized spacial score (nSPS) is 22.4. The quantitative estimate of drug-likeness (QED) is 0.619. The van der Waals surface area contributed by atoms with Crippen molar-refractivity contribution in [2.45, 2.75) is 50.2 Å². The van der Waals surface area contributed by atoms with Crippen LogP contribution in [0.5, 0.6) is 0 Å². The van der Waals surface area contributed by atoms with Crippen molar-refractivity contribution < 1.29 is 13.2 Å². The Labute approximate surface area is 142 Å². The fourth-order valence-corrected chi connectivity index (χ4v) is 3.98. The van der Waals surface area contributed by atoms with Crippen LogP contribution in [0.2, 0.25) is 0 Å². The van der Waals surface area contributed by atoms with Crippen molar-refractivity contribution in [1.82, 2.24) is 15.6 Å². The Morgan fingerprint density at radius 1 is 1.48 bits per heavy atom. The van der Waals surface area contributed by atoms with Crippen molar-refractivity contribution >= 4 is 29.1 Å². The van der Waals surface area contributed by atoms with Crippen LogP contribution in [0, 0.1) is 0 Å². The number of thiazole rings is 1. The second-order valence-electron chi connectivity index (χ2n) is 5.33. The number of rotatable bonds is 5. The minimum Gasteiger partial charge on any atom is -0.357 e. The zero-order valence-corrected chi connectivity index (χ0v) is 14.7. The SMILES string of the molecule is CCNC(=NCc1nc(C(F)(F)F)cs1)NC1CCC(SC)C1. The molecule has 1 aliphatic carbocycles. The minimum absolute atomic E-state index is 0.148. The van der Waals surface area contributed by atoms with Gasteiger partial charge in [-0.05, 0) is 32.4 Å². The van der Waals surface area contributed by atoms with Crippen LogP contribution in [0.1, 0.15) is 36.9 Å². The van der Waals surface area contributed by atoms with Gasteiger partial charge in [0, 0.05) is 23.2 Å². The zero-order valence-electron chi connectivity index (χ0n) is 13.1. The number of thioether (sulfide) groups is 1. The summed E-state index contributed by atoms with van der Waals surface area (Å²) in [7, 11) is 0. The fraction of sp³-hybridized carbons (Fsp3) is 0.714. The number of hydrogen-bond donors (Lipinski definition) is 2. The van der Waals surface area contributed by atoms with Gasteiger partial charge in [-0.15, -0.1) is 11.3 Å². The van der Waals surface area contributed by atoms with Gasteiger partial charge in [-0.2, -0.15) is 24.9 Å². The lowest BCUT2D eigenvalue weighted by Gasteiger charge is -2.17. The molecule has 9 heteroatoms. The van der Waals surface area contributed by atoms with E-state index in [2.05, 4.69) is 26.9 Å². The van der Waals surface area contributed by atoms with E-state index in [9.17, 15) is 13.2 Å². The highest BCUT2D eigenvalue weighted by atomic mass is 32.2. The van der Waals surface area contributed by atoms with E-state index in [1.807, 2.05) is 18.7 Å². The van der Waals surface area contributed by atoms with Crippen molar-refractivity contribution in [3.63, 3.8) is 0 Å². The topological polar surface area (TPSA) is 49.3 Å². The van der Waals surface area contributed by atoms with Crippen LogP contribution < -0.4 is 10.6 Å². The van der Waals surface area contributed by atoms with Gasteiger partial charge in [0.1, 0.15) is 5.01 Å². The number of guanidine groups is 1. The van der Waals surface area contributed by atoms with E-state index in [4.69, 9.17) is 0 Å². The Hall–Kier alpha value is -0.960. The highest BCUT2D eigenvalue weighted by molar-refractivity contribution is 7.99. The first-order valence-corrected chi connectivity index (χ1v) is 9.68. The molecule has 2 N–H and O–H groups in total. The molecule has 1 aromatic rings. The lowest BCUT2D eigenvalue weighted by molar-refractivity contribution is -0.140. The van der Waals surface area contributed by atoms with Gasteiger partial charge in [0.2, 0.25) is 0 Å². The number of aliphatic imine (C=N–C) groups is 1. The molecule has 0 saturated heterocycles. The number of aromatic nitrogens is 1. The van der Waals surface area contributed by atoms with Gasteiger partial charge >= 0.3 is 6.18 Å². The number of nitrogens with zero attached hydrogens (tertiary/aromatic N) is 2. The van der Waals surface area contributed by atoms with Crippen LogP contribution in [-0.2, 0) is 12.7 Å². The van der Waals surface area contributed by atoms with E-state index in [0.29, 0.717) is 28.8 Å². The summed E-state index contributed by atoms with van der Waals surface area (Å²) < 4.78 is 37.6. The third kappa shape index (κ3) is 5.56. The average molecular weight is 366 g/mol. The molecule has 0 radical (unpaired) electrons. The van der Waals surface area contributed by atoms with E-state index in [0.717, 1.165) is 29.6 Å². The van der Waals surface area contributed by atoms with Crippen LogP contribution >= 0.6 is 23.1 Å². The van der Waals surface area contributed by atoms with Gasteiger partial charge in [0.05, 0.1) is 6.54 Å². The fourth-order valence-electron chi connectivity index (χ4n) is 2.46. The molecule has 1 aromatic heterocycles. The van der Waals surface area contributed by atoms with Crippen LogP contribution in [0.25, 0.3) is 0 Å². The smallest absolute Gasteiger partial charge is 0.357 e. The van der Waals surface area contributed by atoms with E-state index in [-0.39, 0.29) is 6.54 Å². The number of halogens is 3. The first-order chi connectivity index (χ1) is 10.9. The summed E-state index contributed by atoms with van der Waals surface area (Å²) >= 11 is 2.86. The lowest BCUT2D eigenvalue weighted by Crippen LogP contribution is -2.42. The molecule has 130 valence electrons. The molecule has 0 aromatic carbocycles. The molecule has 4 nitrogen and oxygen atoms in total. The summed E-state index contributed by atoms with van der Waals surface area (Å²) in [6.45, 7) is 2.81. The predicted molar refractivity (Wildman–Crippen MR) is 90.0 cm³/mol. The standard InChI is InChI=1S/C14H21F3N4S2/c1-3-18-13(20-9-4-5-10(6-9)22-2)19-7-12-21-11(8-23-12)14(15,16)17/h8-10H,3-7H2,1-2H3,(H2,18,19,20). The Morgan fingerprint density at radius 2 is 2.26 bits per heavy atom. The maximum absolute atomic E-state index is 12.5. The summed E-state index contributed by atoms with van der Waals surface area (Å²) in [6, 6.07) is 0.368. The molecule has 2 rings (SSSR count). The first kappa shape index (κ1) is 18.4. The van der Waals surface area contributed by atoms with Gasteiger partial charge in [0.15, 0.2) is 11.7 Å². The summed E-state index contributed by atoms with van der Waals surface area (Å²) in [5.74, 6) is 0.642. The van der Waals surface area contributed by atoms with Crippen molar-refractivity contribution in [3.05, 3.63) is 16.1 Å². The third-order valence-corrected chi connectivity index (χ3v) is 5.55. The van der Waals surface area contributed by atoms with Gasteiger partial charge in [0.25, 0.3) is 0 Å². The molecule has 1 aliphatic rings. The van der Waals surface area contributed by atoms with Crippen molar-refractivity contribution in [2.24, 2.45) is 4.99 Å². The monoisotopic (exact) mass is 366 g/mol. The molecule has 23 heavy (non-hydrogen) atoms. The zero-order chi connectivity index (χ0) is 16.9. The number of alkyl halides is 3. The molecule has 1 fully saturated rings. The maximum atomic E-state index is 12.5. The minimum atomic E-state index is -4.39. The molecular weight excluding hydrogens is 345 g/mol. The Balaban J connectivity index is 1.94. The van der Waals surface area contributed by atoms with Gasteiger partial charge in [-0.3, -0.25) is 0 Å². The predicted octanol–water partition coefficient (Wildman–Crippen LogP) is 3.50. The van der Waals surface area contributed by atoms with Crippen LogP contribution in [0.3, 0.4) is 0 Å². The molecule has 1 saturated carbocycles. The summed E-state index contributed by atoms with van der Waals surface area (Å²) in [6.07, 6.45) is 1.08. The lowest BCUT2D eigenvalue weighted by atomic mass is 10.2. The Morgan fingerprint density at radius 3 is 2.83 bits per heavy atom. The largest absolute Gasteiger partial charge is 0.434 e. The summed E-state index contributed by atoms with van der Waals surface area (Å²) in [4.78, 5) is 7.96.